The highest BCUT2D eigenvalue weighted by Gasteiger charge is 2.21. The fraction of sp³-hybridized carbons (Fsp3) is 0. The molecule has 10 heavy (non-hydrogen) atoms. The van der Waals surface area contributed by atoms with Crippen molar-refractivity contribution in [3.05, 3.63) is 18.7 Å². The minimum absolute atomic E-state index is 0. The molecule has 0 radical (unpaired) electrons. The van der Waals surface area contributed by atoms with Crippen LogP contribution in [0.15, 0.2) is 18.7 Å². The number of H-pyrrole nitrogens is 1. The minimum atomic E-state index is -4.08. The van der Waals surface area contributed by atoms with Crippen molar-refractivity contribution < 1.29 is 35.7 Å². The number of aromatic nitrogens is 2. The number of halogens is 1. The van der Waals surface area contributed by atoms with Crippen molar-refractivity contribution in [1.82, 2.24) is 4.98 Å². The lowest BCUT2D eigenvalue weighted by atomic mass is 11.0. The second-order valence-corrected chi connectivity index (χ2v) is 2.99. The first kappa shape index (κ1) is 9.84. The van der Waals surface area contributed by atoms with E-state index in [1.54, 1.807) is 0 Å². The van der Waals surface area contributed by atoms with E-state index in [4.69, 9.17) is 9.79 Å². The van der Waals surface area contributed by atoms with Gasteiger partial charge in [-0.1, -0.05) is 0 Å². The molecule has 1 aromatic heterocycles. The second kappa shape index (κ2) is 3.30. The SMILES string of the molecule is O=P(O)(O)[n+]1cc[nH]c1.[Br-]. The highest BCUT2D eigenvalue weighted by molar-refractivity contribution is 7.44. The summed E-state index contributed by atoms with van der Waals surface area (Å²) < 4.78 is 11.1. The van der Waals surface area contributed by atoms with Crippen LogP contribution in [-0.4, -0.2) is 14.8 Å². The Morgan fingerprint density at radius 1 is 1.50 bits per heavy atom. The molecule has 0 aromatic carbocycles. The number of nitrogens with one attached hydrogen (secondary N) is 1. The van der Waals surface area contributed by atoms with Crippen molar-refractivity contribution in [3.8, 4) is 0 Å². The lowest BCUT2D eigenvalue weighted by Crippen LogP contribution is -3.00. The van der Waals surface area contributed by atoms with Crippen molar-refractivity contribution in [2.75, 3.05) is 0 Å². The van der Waals surface area contributed by atoms with Crippen molar-refractivity contribution in [2.24, 2.45) is 0 Å². The molecule has 0 spiro atoms. The quantitative estimate of drug-likeness (QED) is 0.433. The van der Waals surface area contributed by atoms with E-state index < -0.39 is 7.75 Å². The van der Waals surface area contributed by atoms with Gasteiger partial charge in [0.2, 0.25) is 6.33 Å². The second-order valence-electron chi connectivity index (χ2n) is 1.50. The van der Waals surface area contributed by atoms with Crippen LogP contribution in [0.4, 0.5) is 0 Å². The van der Waals surface area contributed by atoms with Crippen LogP contribution in [0.3, 0.4) is 0 Å². The third-order valence-corrected chi connectivity index (χ3v) is 1.68. The molecule has 0 aliphatic carbocycles. The van der Waals surface area contributed by atoms with Crippen molar-refractivity contribution in [2.45, 2.75) is 0 Å². The molecule has 0 aliphatic heterocycles. The largest absolute Gasteiger partial charge is 1.00 e. The fourth-order valence-corrected chi connectivity index (χ4v) is 0.901. The Bertz CT molecular complexity index is 230. The summed E-state index contributed by atoms with van der Waals surface area (Å²) in [5.41, 5.74) is 0. The average molecular weight is 229 g/mol. The maximum Gasteiger partial charge on any atom is 0.522 e. The van der Waals surface area contributed by atoms with Crippen LogP contribution in [0.25, 0.3) is 0 Å². The zero-order chi connectivity index (χ0) is 6.91. The zero-order valence-electron chi connectivity index (χ0n) is 4.81. The number of aromatic amines is 1. The van der Waals surface area contributed by atoms with Gasteiger partial charge in [-0.2, -0.15) is 0 Å². The third-order valence-electron chi connectivity index (χ3n) is 0.831. The minimum Gasteiger partial charge on any atom is -1.00 e. The van der Waals surface area contributed by atoms with E-state index in [-0.39, 0.29) is 17.0 Å². The van der Waals surface area contributed by atoms with E-state index in [2.05, 4.69) is 4.98 Å². The molecule has 0 saturated heterocycles. The highest BCUT2D eigenvalue weighted by Crippen LogP contribution is 2.25. The van der Waals surface area contributed by atoms with E-state index in [1.165, 1.54) is 18.7 Å². The van der Waals surface area contributed by atoms with Crippen LogP contribution in [0.1, 0.15) is 0 Å². The lowest BCUT2D eigenvalue weighted by molar-refractivity contribution is -0.537. The lowest BCUT2D eigenvalue weighted by Gasteiger charge is -1.93. The Hall–Kier alpha value is -0.160. The molecule has 0 bridgehead atoms. The number of hydrogen-bond acceptors (Lipinski definition) is 1. The molecule has 5 nitrogen and oxygen atoms in total. The smallest absolute Gasteiger partial charge is 0.522 e. The first-order valence-corrected chi connectivity index (χ1v) is 3.77. The van der Waals surface area contributed by atoms with E-state index in [1.807, 2.05) is 0 Å². The van der Waals surface area contributed by atoms with Crippen LogP contribution in [-0.2, 0) is 4.57 Å². The van der Waals surface area contributed by atoms with Gasteiger partial charge in [0.1, 0.15) is 12.4 Å². The zero-order valence-corrected chi connectivity index (χ0v) is 7.29. The Morgan fingerprint density at radius 2 is 2.10 bits per heavy atom. The topological polar surface area (TPSA) is 77.2 Å². The van der Waals surface area contributed by atoms with Crippen molar-refractivity contribution in [3.63, 3.8) is 0 Å². The number of imidazole rings is 1. The standard InChI is InChI=1S/C3H5N2O3P.BrH/c6-9(7,8)5-2-1-4-3-5;/h1-3H,(H2,6,7,8);1H. The van der Waals surface area contributed by atoms with Crippen LogP contribution in [0.2, 0.25) is 0 Å². The summed E-state index contributed by atoms with van der Waals surface area (Å²) in [4.78, 5) is 19.4. The summed E-state index contributed by atoms with van der Waals surface area (Å²) in [6.07, 6.45) is 3.89. The summed E-state index contributed by atoms with van der Waals surface area (Å²) in [6.45, 7) is 0. The number of hydrogen-bond donors (Lipinski definition) is 3. The fourth-order valence-electron chi connectivity index (χ4n) is 0.444. The molecule has 58 valence electrons. The predicted octanol–water partition coefficient (Wildman–Crippen LogP) is -3.75. The molecular formula is C3H6BrN2O3P. The van der Waals surface area contributed by atoms with E-state index in [9.17, 15) is 4.57 Å². The van der Waals surface area contributed by atoms with Gasteiger partial charge in [0.05, 0.1) is 0 Å². The Balaban J connectivity index is 0.000000810. The summed E-state index contributed by atoms with van der Waals surface area (Å²) in [7, 11) is -4.08. The summed E-state index contributed by atoms with van der Waals surface area (Å²) in [5, 5.41) is 0. The average Bonchev–Trinajstić information content (AvgIpc) is 2.08. The van der Waals surface area contributed by atoms with E-state index >= 15 is 0 Å². The van der Waals surface area contributed by atoms with Gasteiger partial charge >= 0.3 is 7.75 Å². The van der Waals surface area contributed by atoms with Gasteiger partial charge in [0.15, 0.2) is 0 Å². The van der Waals surface area contributed by atoms with E-state index in [0.717, 1.165) is 4.34 Å². The van der Waals surface area contributed by atoms with Gasteiger partial charge in [0.25, 0.3) is 0 Å². The highest BCUT2D eigenvalue weighted by atomic mass is 79.9. The third kappa shape index (κ3) is 2.22. The molecule has 0 atom stereocenters. The van der Waals surface area contributed by atoms with Crippen molar-refractivity contribution >= 4 is 7.75 Å². The molecule has 3 N–H and O–H groups in total. The molecule has 0 aliphatic rings. The molecule has 1 rings (SSSR count). The maximum atomic E-state index is 10.3. The Morgan fingerprint density at radius 3 is 2.30 bits per heavy atom. The molecule has 7 heteroatoms. The first-order chi connectivity index (χ1) is 4.11. The predicted molar refractivity (Wildman–Crippen MR) is 28.4 cm³/mol. The molecule has 0 fully saturated rings. The molecule has 1 aromatic rings. The summed E-state index contributed by atoms with van der Waals surface area (Å²) in [5.74, 6) is 0. The van der Waals surface area contributed by atoms with Crippen LogP contribution < -0.4 is 21.3 Å². The summed E-state index contributed by atoms with van der Waals surface area (Å²) >= 11 is 0. The van der Waals surface area contributed by atoms with E-state index in [0.29, 0.717) is 0 Å². The van der Waals surface area contributed by atoms with Crippen LogP contribution in [0.5, 0.6) is 0 Å². The number of rotatable bonds is 1. The van der Waals surface area contributed by atoms with Crippen LogP contribution in [0, 0.1) is 0 Å². The van der Waals surface area contributed by atoms with Crippen molar-refractivity contribution in [1.29, 1.82) is 0 Å². The summed E-state index contributed by atoms with van der Waals surface area (Å²) in [6, 6.07) is 0. The monoisotopic (exact) mass is 228 g/mol. The molecule has 0 unspecified atom stereocenters. The van der Waals surface area contributed by atoms with Gasteiger partial charge in [-0.15, -0.1) is 4.34 Å². The van der Waals surface area contributed by atoms with Gasteiger partial charge in [0, 0.05) is 0 Å². The first-order valence-electron chi connectivity index (χ1n) is 2.21. The maximum absolute atomic E-state index is 10.3. The van der Waals surface area contributed by atoms with Crippen LogP contribution >= 0.6 is 7.75 Å². The normalized spacial score (nSPS) is 10.6. The Kier molecular flexibility index (Phi) is 3.24. The molecule has 0 amide bonds. The van der Waals surface area contributed by atoms with Gasteiger partial charge in [-0.25, -0.2) is 9.55 Å². The molecule has 0 saturated carbocycles. The Labute approximate surface area is 67.7 Å². The van der Waals surface area contributed by atoms with Gasteiger partial charge in [-0.3, -0.25) is 9.79 Å². The van der Waals surface area contributed by atoms with Gasteiger partial charge in [-0.05, 0) is 0 Å². The van der Waals surface area contributed by atoms with Gasteiger partial charge < -0.3 is 17.0 Å². The molecule has 1 heterocycles. The number of nitrogens with zero attached hydrogens (tertiary/aromatic N) is 1. The molecular weight excluding hydrogens is 223 g/mol.